The van der Waals surface area contributed by atoms with Crippen LogP contribution in [0.15, 0.2) is 23.7 Å². The first-order valence-corrected chi connectivity index (χ1v) is 5.47. The van der Waals surface area contributed by atoms with Crippen molar-refractivity contribution in [3.05, 3.63) is 23.7 Å². The van der Waals surface area contributed by atoms with Crippen LogP contribution in [0.25, 0.3) is 0 Å². The van der Waals surface area contributed by atoms with Gasteiger partial charge in [-0.25, -0.2) is 0 Å². The zero-order valence-electron chi connectivity index (χ0n) is 8.79. The van der Waals surface area contributed by atoms with E-state index in [1.54, 1.807) is 7.11 Å². The predicted octanol–water partition coefficient (Wildman–Crippen LogP) is 3.15. The molecule has 0 bridgehead atoms. The van der Waals surface area contributed by atoms with Gasteiger partial charge in [0.15, 0.2) is 0 Å². The second-order valence-electron chi connectivity index (χ2n) is 3.98. The fourth-order valence-electron chi connectivity index (χ4n) is 2.10. The lowest BCUT2D eigenvalue weighted by molar-refractivity contribution is 0.109. The number of rotatable bonds is 3. The molecule has 14 heavy (non-hydrogen) atoms. The first-order chi connectivity index (χ1) is 6.88. The van der Waals surface area contributed by atoms with Crippen molar-refractivity contribution < 1.29 is 9.47 Å². The summed E-state index contributed by atoms with van der Waals surface area (Å²) in [6.07, 6.45) is 11.6. The van der Waals surface area contributed by atoms with Gasteiger partial charge in [0, 0.05) is 0 Å². The Labute approximate surface area is 85.6 Å². The summed E-state index contributed by atoms with van der Waals surface area (Å²) in [5.74, 6) is 2.15. The van der Waals surface area contributed by atoms with Crippen LogP contribution in [0.3, 0.4) is 0 Å². The molecule has 0 N–H and O–H groups in total. The molecule has 2 rings (SSSR count). The van der Waals surface area contributed by atoms with Crippen molar-refractivity contribution in [2.75, 3.05) is 7.11 Å². The van der Waals surface area contributed by atoms with Gasteiger partial charge < -0.3 is 9.47 Å². The molecule has 0 heterocycles. The molecule has 2 nitrogen and oxygen atoms in total. The first kappa shape index (κ1) is 9.63. The van der Waals surface area contributed by atoms with Gasteiger partial charge in [-0.05, 0) is 44.3 Å². The van der Waals surface area contributed by atoms with Gasteiger partial charge in [-0.15, -0.1) is 0 Å². The standard InChI is InChI=1S/C12H18O2/c1-13-11-7-4-8-12(9-11)14-10-5-2-3-6-10/h7-8,10H,2-6,9H2,1H3. The van der Waals surface area contributed by atoms with E-state index in [-0.39, 0.29) is 0 Å². The highest BCUT2D eigenvalue weighted by molar-refractivity contribution is 5.14. The van der Waals surface area contributed by atoms with Gasteiger partial charge in [0.05, 0.1) is 25.4 Å². The van der Waals surface area contributed by atoms with Gasteiger partial charge in [-0.3, -0.25) is 0 Å². The fraction of sp³-hybridized carbons (Fsp3) is 0.667. The Balaban J connectivity index is 1.83. The van der Waals surface area contributed by atoms with Gasteiger partial charge in [0.1, 0.15) is 5.76 Å². The van der Waals surface area contributed by atoms with E-state index in [9.17, 15) is 0 Å². The van der Waals surface area contributed by atoms with Crippen LogP contribution in [-0.2, 0) is 9.47 Å². The van der Waals surface area contributed by atoms with Crippen LogP contribution < -0.4 is 0 Å². The maximum absolute atomic E-state index is 5.92. The van der Waals surface area contributed by atoms with Crippen molar-refractivity contribution in [3.8, 4) is 0 Å². The number of hydrogen-bond donors (Lipinski definition) is 0. The molecule has 0 aromatic carbocycles. The minimum Gasteiger partial charge on any atom is -0.501 e. The SMILES string of the molecule is COC1=CCC=C(OC2CCCC2)C1. The Kier molecular flexibility index (Phi) is 3.12. The van der Waals surface area contributed by atoms with Crippen LogP contribution in [0.2, 0.25) is 0 Å². The van der Waals surface area contributed by atoms with Crippen LogP contribution in [0.1, 0.15) is 38.5 Å². The number of methoxy groups -OCH3 is 1. The highest BCUT2D eigenvalue weighted by Gasteiger charge is 2.18. The van der Waals surface area contributed by atoms with Gasteiger partial charge in [0.2, 0.25) is 0 Å². The lowest BCUT2D eigenvalue weighted by Gasteiger charge is -2.19. The summed E-state index contributed by atoms with van der Waals surface area (Å²) in [5, 5.41) is 0. The summed E-state index contributed by atoms with van der Waals surface area (Å²) in [6, 6.07) is 0. The summed E-state index contributed by atoms with van der Waals surface area (Å²) in [6.45, 7) is 0. The molecule has 0 aliphatic heterocycles. The molecular formula is C12H18O2. The van der Waals surface area contributed by atoms with Crippen LogP contribution in [0.5, 0.6) is 0 Å². The molecular weight excluding hydrogens is 176 g/mol. The lowest BCUT2D eigenvalue weighted by Crippen LogP contribution is -2.09. The summed E-state index contributed by atoms with van der Waals surface area (Å²) >= 11 is 0. The largest absolute Gasteiger partial charge is 0.501 e. The van der Waals surface area contributed by atoms with Gasteiger partial charge >= 0.3 is 0 Å². The van der Waals surface area contributed by atoms with Crippen molar-refractivity contribution in [2.24, 2.45) is 0 Å². The average Bonchev–Trinajstić information content (AvgIpc) is 2.71. The van der Waals surface area contributed by atoms with Gasteiger partial charge in [-0.1, -0.05) is 0 Å². The Bertz CT molecular complexity index is 247. The minimum absolute atomic E-state index is 0.470. The second kappa shape index (κ2) is 4.54. The van der Waals surface area contributed by atoms with Gasteiger partial charge in [-0.2, -0.15) is 0 Å². The summed E-state index contributed by atoms with van der Waals surface area (Å²) in [5.41, 5.74) is 0. The highest BCUT2D eigenvalue weighted by Crippen LogP contribution is 2.27. The number of hydrogen-bond acceptors (Lipinski definition) is 2. The van der Waals surface area contributed by atoms with E-state index in [4.69, 9.17) is 9.47 Å². The molecule has 2 aliphatic carbocycles. The van der Waals surface area contributed by atoms with E-state index in [2.05, 4.69) is 12.2 Å². The van der Waals surface area contributed by atoms with E-state index in [0.29, 0.717) is 6.10 Å². The third-order valence-electron chi connectivity index (χ3n) is 2.92. The Morgan fingerprint density at radius 2 is 1.86 bits per heavy atom. The van der Waals surface area contributed by atoms with Crippen LogP contribution in [-0.4, -0.2) is 13.2 Å². The molecule has 0 saturated heterocycles. The molecule has 0 unspecified atom stereocenters. The van der Waals surface area contributed by atoms with Crippen molar-refractivity contribution in [1.29, 1.82) is 0 Å². The van der Waals surface area contributed by atoms with E-state index in [0.717, 1.165) is 24.4 Å². The molecule has 0 atom stereocenters. The van der Waals surface area contributed by atoms with Crippen LogP contribution in [0, 0.1) is 0 Å². The minimum atomic E-state index is 0.470. The normalized spacial score (nSPS) is 22.9. The maximum Gasteiger partial charge on any atom is 0.100 e. The van der Waals surface area contributed by atoms with Crippen LogP contribution >= 0.6 is 0 Å². The molecule has 1 fully saturated rings. The van der Waals surface area contributed by atoms with Crippen molar-refractivity contribution in [3.63, 3.8) is 0 Å². The monoisotopic (exact) mass is 194 g/mol. The van der Waals surface area contributed by atoms with Gasteiger partial charge in [0.25, 0.3) is 0 Å². The van der Waals surface area contributed by atoms with E-state index in [1.165, 1.54) is 25.7 Å². The topological polar surface area (TPSA) is 18.5 Å². The number of allylic oxidation sites excluding steroid dienone is 2. The lowest BCUT2D eigenvalue weighted by atomic mass is 10.1. The van der Waals surface area contributed by atoms with E-state index >= 15 is 0 Å². The predicted molar refractivity (Wildman–Crippen MR) is 55.8 cm³/mol. The molecule has 0 radical (unpaired) electrons. The molecule has 0 aromatic heterocycles. The second-order valence-corrected chi connectivity index (χ2v) is 3.98. The number of ether oxygens (including phenoxy) is 2. The van der Waals surface area contributed by atoms with E-state index < -0.39 is 0 Å². The molecule has 1 saturated carbocycles. The zero-order chi connectivity index (χ0) is 9.80. The summed E-state index contributed by atoms with van der Waals surface area (Å²) in [4.78, 5) is 0. The summed E-state index contributed by atoms with van der Waals surface area (Å²) < 4.78 is 11.2. The molecule has 0 spiro atoms. The average molecular weight is 194 g/mol. The Morgan fingerprint density at radius 1 is 1.14 bits per heavy atom. The first-order valence-electron chi connectivity index (χ1n) is 5.47. The molecule has 0 amide bonds. The third kappa shape index (κ3) is 2.31. The van der Waals surface area contributed by atoms with E-state index in [1.807, 2.05) is 0 Å². The van der Waals surface area contributed by atoms with Crippen molar-refractivity contribution in [2.45, 2.75) is 44.6 Å². The zero-order valence-corrected chi connectivity index (χ0v) is 8.79. The molecule has 2 aliphatic rings. The molecule has 2 heteroatoms. The Morgan fingerprint density at radius 3 is 2.57 bits per heavy atom. The van der Waals surface area contributed by atoms with Crippen LogP contribution in [0.4, 0.5) is 0 Å². The quantitative estimate of drug-likeness (QED) is 0.687. The summed E-state index contributed by atoms with van der Waals surface area (Å²) in [7, 11) is 1.73. The van der Waals surface area contributed by atoms with Crippen molar-refractivity contribution >= 4 is 0 Å². The smallest absolute Gasteiger partial charge is 0.100 e. The fourth-order valence-corrected chi connectivity index (χ4v) is 2.10. The maximum atomic E-state index is 5.92. The molecule has 78 valence electrons. The third-order valence-corrected chi connectivity index (χ3v) is 2.92. The highest BCUT2D eigenvalue weighted by atomic mass is 16.5. The Hall–Kier alpha value is -0.920. The van der Waals surface area contributed by atoms with Crippen molar-refractivity contribution in [1.82, 2.24) is 0 Å². The molecule has 0 aromatic rings.